The lowest BCUT2D eigenvalue weighted by atomic mass is 9.94. The molecule has 2 fully saturated rings. The van der Waals surface area contributed by atoms with Gasteiger partial charge in [0.05, 0.1) is 0 Å². The van der Waals surface area contributed by atoms with Crippen LogP contribution >= 0.6 is 0 Å². The zero-order valence-electron chi connectivity index (χ0n) is 12.3. The van der Waals surface area contributed by atoms with E-state index >= 15 is 0 Å². The van der Waals surface area contributed by atoms with Crippen LogP contribution in [-0.2, 0) is 4.79 Å². The highest BCUT2D eigenvalue weighted by molar-refractivity contribution is 5.75. The Kier molecular flexibility index (Phi) is 6.11. The first-order chi connectivity index (χ1) is 9.24. The molecule has 0 spiro atoms. The molecule has 1 amide bonds. The van der Waals surface area contributed by atoms with Gasteiger partial charge >= 0.3 is 0 Å². The third-order valence-electron chi connectivity index (χ3n) is 4.60. The Morgan fingerprint density at radius 1 is 1.26 bits per heavy atom. The van der Waals surface area contributed by atoms with Crippen molar-refractivity contribution >= 4 is 5.91 Å². The van der Waals surface area contributed by atoms with E-state index in [2.05, 4.69) is 22.6 Å². The van der Waals surface area contributed by atoms with Gasteiger partial charge < -0.3 is 15.5 Å². The topological polar surface area (TPSA) is 44.4 Å². The normalized spacial score (nSPS) is 26.3. The molecule has 2 saturated heterocycles. The second-order valence-electron chi connectivity index (χ2n) is 6.30. The molecule has 0 aromatic rings. The molecule has 4 heteroatoms. The van der Waals surface area contributed by atoms with Crippen LogP contribution in [0.3, 0.4) is 0 Å². The predicted molar refractivity (Wildman–Crippen MR) is 78.1 cm³/mol. The first-order valence-electron chi connectivity index (χ1n) is 7.90. The van der Waals surface area contributed by atoms with E-state index in [-0.39, 0.29) is 5.91 Å². The van der Waals surface area contributed by atoms with Crippen molar-refractivity contribution in [1.82, 2.24) is 15.5 Å². The highest BCUT2D eigenvalue weighted by atomic mass is 16.1. The number of likely N-dealkylation sites (tertiary alicyclic amines) is 1. The molecular formula is C15H29N3O. The molecule has 0 aliphatic carbocycles. The summed E-state index contributed by atoms with van der Waals surface area (Å²) in [5, 5.41) is 6.54. The Hall–Kier alpha value is -0.610. The second kappa shape index (κ2) is 7.85. The van der Waals surface area contributed by atoms with Gasteiger partial charge in [0.25, 0.3) is 0 Å². The maximum Gasteiger partial charge on any atom is 0.220 e. The first kappa shape index (κ1) is 14.8. The summed E-state index contributed by atoms with van der Waals surface area (Å²) in [6.45, 7) is 5.49. The van der Waals surface area contributed by atoms with Crippen LogP contribution in [0.15, 0.2) is 0 Å². The van der Waals surface area contributed by atoms with Gasteiger partial charge in [-0.3, -0.25) is 4.79 Å². The van der Waals surface area contributed by atoms with Gasteiger partial charge in [-0.05, 0) is 77.2 Å². The van der Waals surface area contributed by atoms with Crippen molar-refractivity contribution < 1.29 is 4.79 Å². The van der Waals surface area contributed by atoms with Gasteiger partial charge in [-0.15, -0.1) is 0 Å². The van der Waals surface area contributed by atoms with Gasteiger partial charge in [0.2, 0.25) is 5.91 Å². The van der Waals surface area contributed by atoms with E-state index in [9.17, 15) is 4.79 Å². The molecule has 0 saturated carbocycles. The van der Waals surface area contributed by atoms with E-state index in [0.717, 1.165) is 26.1 Å². The van der Waals surface area contributed by atoms with Crippen LogP contribution in [0.1, 0.15) is 38.5 Å². The maximum absolute atomic E-state index is 11.9. The van der Waals surface area contributed by atoms with Crippen molar-refractivity contribution in [3.8, 4) is 0 Å². The highest BCUT2D eigenvalue weighted by Crippen LogP contribution is 2.17. The third-order valence-corrected chi connectivity index (χ3v) is 4.60. The van der Waals surface area contributed by atoms with Crippen LogP contribution in [0.25, 0.3) is 0 Å². The van der Waals surface area contributed by atoms with Gasteiger partial charge in [-0.2, -0.15) is 0 Å². The lowest BCUT2D eigenvalue weighted by Crippen LogP contribution is -2.37. The minimum atomic E-state index is 0.254. The van der Waals surface area contributed by atoms with E-state index in [1.165, 1.54) is 38.8 Å². The summed E-state index contributed by atoms with van der Waals surface area (Å²) < 4.78 is 0. The molecule has 2 heterocycles. The third kappa shape index (κ3) is 5.49. The van der Waals surface area contributed by atoms with E-state index in [1.54, 1.807) is 0 Å². The average Bonchev–Trinajstić information content (AvgIpc) is 2.45. The summed E-state index contributed by atoms with van der Waals surface area (Å²) in [6, 6.07) is 0. The fourth-order valence-electron chi connectivity index (χ4n) is 3.12. The van der Waals surface area contributed by atoms with Crippen molar-refractivity contribution in [2.24, 2.45) is 11.8 Å². The maximum atomic E-state index is 11.9. The first-order valence-corrected chi connectivity index (χ1v) is 7.90. The fraction of sp³-hybridized carbons (Fsp3) is 0.933. The summed E-state index contributed by atoms with van der Waals surface area (Å²) in [4.78, 5) is 14.2. The molecule has 2 aliphatic heterocycles. The van der Waals surface area contributed by atoms with Gasteiger partial charge in [-0.25, -0.2) is 0 Å². The summed E-state index contributed by atoms with van der Waals surface area (Å²) in [5.41, 5.74) is 0. The Morgan fingerprint density at radius 3 is 2.74 bits per heavy atom. The number of nitrogens with one attached hydrogen (secondary N) is 2. The zero-order valence-corrected chi connectivity index (χ0v) is 12.3. The van der Waals surface area contributed by atoms with Gasteiger partial charge in [-0.1, -0.05) is 0 Å². The SMILES string of the molecule is CN1CCC(CNC(=O)CCC2CCCNC2)CC1. The van der Waals surface area contributed by atoms with Crippen molar-refractivity contribution in [2.45, 2.75) is 38.5 Å². The number of hydrogen-bond donors (Lipinski definition) is 2. The Balaban J connectivity index is 1.54. The van der Waals surface area contributed by atoms with Crippen LogP contribution in [0.4, 0.5) is 0 Å². The molecule has 19 heavy (non-hydrogen) atoms. The summed E-state index contributed by atoms with van der Waals surface area (Å²) >= 11 is 0. The van der Waals surface area contributed by atoms with Crippen LogP contribution < -0.4 is 10.6 Å². The second-order valence-corrected chi connectivity index (χ2v) is 6.30. The number of carbonyl (C=O) groups is 1. The molecule has 0 aromatic heterocycles. The molecule has 0 bridgehead atoms. The molecular weight excluding hydrogens is 238 g/mol. The van der Waals surface area contributed by atoms with E-state index in [4.69, 9.17) is 0 Å². The molecule has 0 radical (unpaired) electrons. The van der Waals surface area contributed by atoms with E-state index < -0.39 is 0 Å². The minimum absolute atomic E-state index is 0.254. The molecule has 1 atom stereocenters. The van der Waals surface area contributed by atoms with Crippen molar-refractivity contribution in [1.29, 1.82) is 0 Å². The molecule has 2 rings (SSSR count). The number of carbonyl (C=O) groups excluding carboxylic acids is 1. The Bertz CT molecular complexity index is 269. The van der Waals surface area contributed by atoms with Crippen LogP contribution in [0, 0.1) is 11.8 Å². The molecule has 2 N–H and O–H groups in total. The summed E-state index contributed by atoms with van der Waals surface area (Å²) in [7, 11) is 2.17. The smallest absolute Gasteiger partial charge is 0.220 e. The number of amides is 1. The molecule has 4 nitrogen and oxygen atoms in total. The summed E-state index contributed by atoms with van der Waals surface area (Å²) in [5.74, 6) is 1.66. The molecule has 1 unspecified atom stereocenters. The lowest BCUT2D eigenvalue weighted by Gasteiger charge is -2.29. The van der Waals surface area contributed by atoms with Crippen molar-refractivity contribution in [2.75, 3.05) is 39.8 Å². The average molecular weight is 267 g/mol. The zero-order chi connectivity index (χ0) is 13.5. The van der Waals surface area contributed by atoms with Gasteiger partial charge in [0, 0.05) is 13.0 Å². The van der Waals surface area contributed by atoms with Gasteiger partial charge in [0.1, 0.15) is 0 Å². The minimum Gasteiger partial charge on any atom is -0.356 e. The van der Waals surface area contributed by atoms with Crippen LogP contribution in [0.5, 0.6) is 0 Å². The molecule has 2 aliphatic rings. The number of rotatable bonds is 5. The van der Waals surface area contributed by atoms with Crippen molar-refractivity contribution in [3.05, 3.63) is 0 Å². The van der Waals surface area contributed by atoms with Gasteiger partial charge in [0.15, 0.2) is 0 Å². The predicted octanol–water partition coefficient (Wildman–Crippen LogP) is 1.22. The van der Waals surface area contributed by atoms with E-state index in [1.807, 2.05) is 0 Å². The summed E-state index contributed by atoms with van der Waals surface area (Å²) in [6.07, 6.45) is 6.76. The Labute approximate surface area is 117 Å². The largest absolute Gasteiger partial charge is 0.356 e. The van der Waals surface area contributed by atoms with Crippen molar-refractivity contribution in [3.63, 3.8) is 0 Å². The number of nitrogens with zero attached hydrogens (tertiary/aromatic N) is 1. The molecule has 110 valence electrons. The van der Waals surface area contributed by atoms with Crippen LogP contribution in [0.2, 0.25) is 0 Å². The van der Waals surface area contributed by atoms with E-state index in [0.29, 0.717) is 18.3 Å². The quantitative estimate of drug-likeness (QED) is 0.787. The Morgan fingerprint density at radius 2 is 2.05 bits per heavy atom. The fourth-order valence-corrected chi connectivity index (χ4v) is 3.12. The lowest BCUT2D eigenvalue weighted by molar-refractivity contribution is -0.121. The number of hydrogen-bond acceptors (Lipinski definition) is 3. The van der Waals surface area contributed by atoms with Crippen LogP contribution in [-0.4, -0.2) is 50.6 Å². The standard InChI is InChI=1S/C15H29N3O/c1-18-9-6-14(7-10-18)12-17-15(19)5-4-13-3-2-8-16-11-13/h13-14,16H,2-12H2,1H3,(H,17,19). The monoisotopic (exact) mass is 267 g/mol. The highest BCUT2D eigenvalue weighted by Gasteiger charge is 2.18. The number of piperidine rings is 2. The molecule has 0 aromatic carbocycles.